The maximum absolute atomic E-state index is 5.70. The molecule has 1 aromatic rings. The zero-order chi connectivity index (χ0) is 7.56. The van der Waals surface area contributed by atoms with Crippen molar-refractivity contribution in [2.24, 2.45) is 0 Å². The fourth-order valence-electron chi connectivity index (χ4n) is 0.584. The topological polar surface area (TPSA) is 9.23 Å². The van der Waals surface area contributed by atoms with Gasteiger partial charge in [-0.25, -0.2) is 0 Å². The highest BCUT2D eigenvalue weighted by atomic mass is 35.5. The van der Waals surface area contributed by atoms with E-state index < -0.39 is 0 Å². The van der Waals surface area contributed by atoms with Gasteiger partial charge in [-0.2, -0.15) is 0 Å². The van der Waals surface area contributed by atoms with Crippen LogP contribution in [0.2, 0.25) is 10.0 Å². The average Bonchev–Trinajstić information content (AvgIpc) is 1.88. The number of rotatable bonds is 1. The minimum atomic E-state index is 0.491. The van der Waals surface area contributed by atoms with Gasteiger partial charge in [0.2, 0.25) is 0 Å². The summed E-state index contributed by atoms with van der Waals surface area (Å²) in [6.45, 7) is 0. The number of hydrogen-bond donors (Lipinski definition) is 0. The van der Waals surface area contributed by atoms with E-state index in [1.807, 2.05) is 0 Å². The molecule has 0 atom stereocenters. The van der Waals surface area contributed by atoms with E-state index in [1.165, 1.54) is 0 Å². The first kappa shape index (κ1) is 7.70. The fourth-order valence-corrected chi connectivity index (χ4v) is 1.04. The molecule has 1 rings (SSSR count). The Kier molecular flexibility index (Phi) is 2.41. The molecule has 1 aromatic carbocycles. The molecule has 0 saturated heterocycles. The summed E-state index contributed by atoms with van der Waals surface area (Å²) >= 11 is 11.3. The Morgan fingerprint density at radius 2 is 2.20 bits per heavy atom. The summed E-state index contributed by atoms with van der Waals surface area (Å²) in [6.07, 6.45) is 0. The van der Waals surface area contributed by atoms with E-state index in [-0.39, 0.29) is 0 Å². The van der Waals surface area contributed by atoms with Gasteiger partial charge in [-0.3, -0.25) is 0 Å². The third-order valence-corrected chi connectivity index (χ3v) is 1.56. The van der Waals surface area contributed by atoms with Crippen molar-refractivity contribution in [3.63, 3.8) is 0 Å². The zero-order valence-corrected chi connectivity index (χ0v) is 6.83. The van der Waals surface area contributed by atoms with Crippen LogP contribution in [-0.2, 0) is 0 Å². The Balaban J connectivity index is 3.07. The summed E-state index contributed by atoms with van der Waals surface area (Å²) in [7, 11) is 1.54. The molecule has 1 radical (unpaired) electrons. The molecule has 10 heavy (non-hydrogen) atoms. The number of benzene rings is 1. The van der Waals surface area contributed by atoms with Crippen molar-refractivity contribution in [3.05, 3.63) is 28.2 Å². The normalized spacial score (nSPS) is 9.50. The molecule has 3 heteroatoms. The van der Waals surface area contributed by atoms with E-state index in [9.17, 15) is 0 Å². The highest BCUT2D eigenvalue weighted by Gasteiger charge is 1.98. The maximum Gasteiger partial charge on any atom is 0.138 e. The second kappa shape index (κ2) is 3.13. The largest absolute Gasteiger partial charge is 0.495 e. The van der Waals surface area contributed by atoms with Crippen LogP contribution < -0.4 is 4.74 Å². The molecule has 0 spiro atoms. The Bertz CT molecular complexity index is 235. The Hall–Kier alpha value is -0.400. The lowest BCUT2D eigenvalue weighted by molar-refractivity contribution is 0.415. The predicted octanol–water partition coefficient (Wildman–Crippen LogP) is 2.80. The number of methoxy groups -OCH3 is 1. The lowest BCUT2D eigenvalue weighted by Gasteiger charge is -2.00. The summed E-state index contributed by atoms with van der Waals surface area (Å²) < 4.78 is 4.88. The molecule has 0 aliphatic carbocycles. The van der Waals surface area contributed by atoms with Crippen molar-refractivity contribution >= 4 is 23.2 Å². The Labute approximate surface area is 69.5 Å². The van der Waals surface area contributed by atoms with Gasteiger partial charge < -0.3 is 4.74 Å². The van der Waals surface area contributed by atoms with Crippen LogP contribution in [0.1, 0.15) is 0 Å². The van der Waals surface area contributed by atoms with Crippen LogP contribution in [0, 0.1) is 6.07 Å². The van der Waals surface area contributed by atoms with Crippen LogP contribution in [0.25, 0.3) is 0 Å². The molecule has 0 amide bonds. The van der Waals surface area contributed by atoms with Gasteiger partial charge in [-0.15, -0.1) is 0 Å². The Morgan fingerprint density at radius 1 is 1.50 bits per heavy atom. The van der Waals surface area contributed by atoms with Gasteiger partial charge in [-0.1, -0.05) is 23.2 Å². The highest BCUT2D eigenvalue weighted by Crippen LogP contribution is 2.26. The van der Waals surface area contributed by atoms with Gasteiger partial charge in [0.15, 0.2) is 0 Å². The van der Waals surface area contributed by atoms with Gasteiger partial charge >= 0.3 is 0 Å². The van der Waals surface area contributed by atoms with Crippen molar-refractivity contribution in [2.45, 2.75) is 0 Å². The molecule has 0 saturated carbocycles. The monoisotopic (exact) mass is 175 g/mol. The van der Waals surface area contributed by atoms with Gasteiger partial charge in [0.25, 0.3) is 0 Å². The first-order valence-corrected chi connectivity index (χ1v) is 3.40. The quantitative estimate of drug-likeness (QED) is 0.639. The van der Waals surface area contributed by atoms with Crippen molar-refractivity contribution in [1.82, 2.24) is 0 Å². The van der Waals surface area contributed by atoms with Crippen LogP contribution in [0.4, 0.5) is 0 Å². The van der Waals surface area contributed by atoms with E-state index in [0.29, 0.717) is 15.8 Å². The molecule has 0 heterocycles. The second-order valence-electron chi connectivity index (χ2n) is 1.70. The van der Waals surface area contributed by atoms with Gasteiger partial charge in [0, 0.05) is 6.07 Å². The molecule has 53 valence electrons. The molecular weight excluding hydrogens is 171 g/mol. The fraction of sp³-hybridized carbons (Fsp3) is 0.143. The molecule has 0 unspecified atom stereocenters. The van der Waals surface area contributed by atoms with E-state index in [4.69, 9.17) is 27.9 Å². The summed E-state index contributed by atoms with van der Waals surface area (Å²) in [4.78, 5) is 0. The number of hydrogen-bond acceptors (Lipinski definition) is 1. The molecule has 0 aromatic heterocycles. The second-order valence-corrected chi connectivity index (χ2v) is 2.51. The van der Waals surface area contributed by atoms with Gasteiger partial charge in [0.05, 0.1) is 17.2 Å². The molecule has 0 N–H and O–H groups in total. The lowest BCUT2D eigenvalue weighted by Crippen LogP contribution is -1.82. The number of halogens is 2. The van der Waals surface area contributed by atoms with Crippen LogP contribution in [0.3, 0.4) is 0 Å². The standard InChI is InChI=1S/C7H5Cl2O/c1-10-7-3-2-5(8)4-6(7)9/h3-4H,1H3. The lowest BCUT2D eigenvalue weighted by atomic mass is 10.3. The van der Waals surface area contributed by atoms with Crippen LogP contribution in [0.5, 0.6) is 5.75 Å². The van der Waals surface area contributed by atoms with Crippen LogP contribution in [-0.4, -0.2) is 7.11 Å². The minimum Gasteiger partial charge on any atom is -0.495 e. The first-order chi connectivity index (χ1) is 4.74. The summed E-state index contributed by atoms with van der Waals surface area (Å²) in [5.74, 6) is 0.589. The molecule has 1 nitrogen and oxygen atoms in total. The molecule has 0 fully saturated rings. The van der Waals surface area contributed by atoms with Crippen molar-refractivity contribution in [1.29, 1.82) is 0 Å². The number of ether oxygens (including phenoxy) is 1. The van der Waals surface area contributed by atoms with Gasteiger partial charge in [0.1, 0.15) is 5.75 Å². The van der Waals surface area contributed by atoms with E-state index in [1.54, 1.807) is 19.2 Å². The summed E-state index contributed by atoms with van der Waals surface area (Å²) in [6, 6.07) is 5.93. The van der Waals surface area contributed by atoms with E-state index in [2.05, 4.69) is 6.07 Å². The zero-order valence-electron chi connectivity index (χ0n) is 5.32. The van der Waals surface area contributed by atoms with Crippen molar-refractivity contribution < 1.29 is 4.74 Å². The first-order valence-electron chi connectivity index (χ1n) is 2.65. The molecular formula is C7H5Cl2O. The van der Waals surface area contributed by atoms with Crippen LogP contribution >= 0.6 is 23.2 Å². The molecule has 0 aliphatic rings. The average molecular weight is 176 g/mol. The predicted molar refractivity (Wildman–Crippen MR) is 41.9 cm³/mol. The van der Waals surface area contributed by atoms with E-state index >= 15 is 0 Å². The summed E-state index contributed by atoms with van der Waals surface area (Å²) in [5, 5.41) is 0.997. The maximum atomic E-state index is 5.70. The summed E-state index contributed by atoms with van der Waals surface area (Å²) in [5.41, 5.74) is 0. The highest BCUT2D eigenvalue weighted by molar-refractivity contribution is 6.35. The van der Waals surface area contributed by atoms with Crippen molar-refractivity contribution in [2.75, 3.05) is 7.11 Å². The molecule has 0 bridgehead atoms. The minimum absolute atomic E-state index is 0.491. The van der Waals surface area contributed by atoms with E-state index in [0.717, 1.165) is 0 Å². The SMILES string of the molecule is COc1c[c]c(Cl)cc1Cl. The molecule has 0 aliphatic heterocycles. The smallest absolute Gasteiger partial charge is 0.138 e. The van der Waals surface area contributed by atoms with Crippen LogP contribution in [0.15, 0.2) is 12.1 Å². The third kappa shape index (κ3) is 1.55. The van der Waals surface area contributed by atoms with Crippen molar-refractivity contribution in [3.8, 4) is 5.75 Å². The van der Waals surface area contributed by atoms with Gasteiger partial charge in [-0.05, 0) is 12.1 Å². The Morgan fingerprint density at radius 3 is 2.70 bits per heavy atom. The third-order valence-electron chi connectivity index (χ3n) is 1.05.